The Morgan fingerprint density at radius 2 is 1.62 bits per heavy atom. The SMILES string of the molecule is C[C@H]([C@H](C(=O)O)[C@@H](C)O)[Sn]([CH3])([CH3])[CH3]. The molecule has 0 radical (unpaired) electrons. The normalized spacial score (nSPS) is 19.2. The van der Waals surface area contributed by atoms with Crippen molar-refractivity contribution in [3.8, 4) is 0 Å². The van der Waals surface area contributed by atoms with Gasteiger partial charge in [-0.3, -0.25) is 0 Å². The van der Waals surface area contributed by atoms with E-state index in [1.54, 1.807) is 6.92 Å². The van der Waals surface area contributed by atoms with Gasteiger partial charge in [-0.05, 0) is 0 Å². The third-order valence-electron chi connectivity index (χ3n) is 2.71. The minimum atomic E-state index is -2.20. The van der Waals surface area contributed by atoms with E-state index in [4.69, 9.17) is 5.11 Å². The van der Waals surface area contributed by atoms with Gasteiger partial charge in [0.1, 0.15) is 0 Å². The molecule has 13 heavy (non-hydrogen) atoms. The topological polar surface area (TPSA) is 57.5 Å². The first-order chi connectivity index (χ1) is 5.68. The summed E-state index contributed by atoms with van der Waals surface area (Å²) in [6.07, 6.45) is -0.747. The monoisotopic (exact) mass is 296 g/mol. The Hall–Kier alpha value is 0.229. The van der Waals surface area contributed by atoms with Gasteiger partial charge in [-0.25, -0.2) is 0 Å². The molecule has 0 saturated heterocycles. The Balaban J connectivity index is 4.67. The summed E-state index contributed by atoms with van der Waals surface area (Å²) < 4.78 is 0.159. The average Bonchev–Trinajstić information content (AvgIpc) is 1.82. The van der Waals surface area contributed by atoms with Gasteiger partial charge in [-0.1, -0.05) is 0 Å². The van der Waals surface area contributed by atoms with Crippen LogP contribution in [0.4, 0.5) is 0 Å². The third kappa shape index (κ3) is 3.85. The van der Waals surface area contributed by atoms with E-state index < -0.39 is 36.4 Å². The van der Waals surface area contributed by atoms with Crippen molar-refractivity contribution >= 4 is 24.3 Å². The molecule has 0 rings (SSSR count). The summed E-state index contributed by atoms with van der Waals surface area (Å²) in [4.78, 5) is 17.5. The van der Waals surface area contributed by atoms with Gasteiger partial charge < -0.3 is 0 Å². The molecular formula is C9H20O3Sn. The summed E-state index contributed by atoms with van der Waals surface area (Å²) in [7, 11) is 0. The molecule has 3 atom stereocenters. The van der Waals surface area contributed by atoms with Gasteiger partial charge >= 0.3 is 84.0 Å². The Bertz CT molecular complexity index is 184. The number of carboxylic acids is 1. The van der Waals surface area contributed by atoms with Crippen molar-refractivity contribution in [3.63, 3.8) is 0 Å². The Morgan fingerprint density at radius 3 is 1.69 bits per heavy atom. The van der Waals surface area contributed by atoms with Crippen LogP contribution in [-0.4, -0.2) is 40.7 Å². The molecule has 0 heterocycles. The van der Waals surface area contributed by atoms with Crippen LogP contribution < -0.4 is 0 Å². The zero-order valence-corrected chi connectivity index (χ0v) is 11.9. The average molecular weight is 295 g/mol. The number of carbonyl (C=O) groups is 1. The van der Waals surface area contributed by atoms with E-state index in [9.17, 15) is 9.90 Å². The number of aliphatic hydroxyl groups excluding tert-OH is 1. The molecule has 0 spiro atoms. The molecule has 0 aromatic carbocycles. The molecule has 0 aromatic heterocycles. The van der Waals surface area contributed by atoms with Crippen molar-refractivity contribution in [1.82, 2.24) is 0 Å². The first-order valence-corrected chi connectivity index (χ1v) is 14.8. The molecule has 0 bridgehead atoms. The van der Waals surface area contributed by atoms with Crippen LogP contribution in [0.15, 0.2) is 0 Å². The molecule has 0 saturated carbocycles. The molecule has 0 aliphatic carbocycles. The first kappa shape index (κ1) is 13.2. The molecule has 0 unspecified atom stereocenters. The maximum atomic E-state index is 10.9. The molecule has 0 fully saturated rings. The summed E-state index contributed by atoms with van der Waals surface area (Å²) in [5.41, 5.74) is 0. The predicted molar refractivity (Wildman–Crippen MR) is 55.6 cm³/mol. The number of carboxylic acid groups (broad SMARTS) is 1. The van der Waals surface area contributed by atoms with Gasteiger partial charge in [-0.2, -0.15) is 0 Å². The van der Waals surface area contributed by atoms with Crippen LogP contribution in [0.3, 0.4) is 0 Å². The van der Waals surface area contributed by atoms with Crippen molar-refractivity contribution in [2.75, 3.05) is 0 Å². The van der Waals surface area contributed by atoms with Crippen LogP contribution in [0.2, 0.25) is 18.8 Å². The molecule has 78 valence electrons. The second-order valence-electron chi connectivity index (χ2n) is 4.76. The Labute approximate surface area is 84.0 Å². The quantitative estimate of drug-likeness (QED) is 0.777. The zero-order chi connectivity index (χ0) is 10.8. The Kier molecular flexibility index (Phi) is 4.72. The van der Waals surface area contributed by atoms with Crippen molar-refractivity contribution in [3.05, 3.63) is 0 Å². The van der Waals surface area contributed by atoms with E-state index in [0.29, 0.717) is 0 Å². The summed E-state index contributed by atoms with van der Waals surface area (Å²) >= 11 is -2.20. The molecule has 2 N–H and O–H groups in total. The van der Waals surface area contributed by atoms with Crippen LogP contribution in [0, 0.1) is 5.92 Å². The number of aliphatic hydroxyl groups is 1. The molecular weight excluding hydrogens is 275 g/mol. The summed E-state index contributed by atoms with van der Waals surface area (Å²) in [6, 6.07) is 0. The summed E-state index contributed by atoms with van der Waals surface area (Å²) in [5.74, 6) is -1.45. The van der Waals surface area contributed by atoms with Crippen LogP contribution in [0.25, 0.3) is 0 Å². The van der Waals surface area contributed by atoms with Gasteiger partial charge in [0, 0.05) is 0 Å². The first-order valence-electron chi connectivity index (χ1n) is 4.58. The van der Waals surface area contributed by atoms with E-state index in [0.717, 1.165) is 0 Å². The van der Waals surface area contributed by atoms with Crippen molar-refractivity contribution in [2.45, 2.75) is 38.7 Å². The molecule has 0 aliphatic rings. The fourth-order valence-corrected chi connectivity index (χ4v) is 5.65. The molecule has 4 heteroatoms. The van der Waals surface area contributed by atoms with Crippen molar-refractivity contribution in [2.24, 2.45) is 5.92 Å². The van der Waals surface area contributed by atoms with Gasteiger partial charge in [0.25, 0.3) is 0 Å². The second kappa shape index (κ2) is 4.64. The van der Waals surface area contributed by atoms with Crippen LogP contribution >= 0.6 is 0 Å². The zero-order valence-electron chi connectivity index (χ0n) is 9.03. The van der Waals surface area contributed by atoms with E-state index >= 15 is 0 Å². The van der Waals surface area contributed by atoms with Crippen molar-refractivity contribution < 1.29 is 15.0 Å². The summed E-state index contributed by atoms with van der Waals surface area (Å²) in [5, 5.41) is 18.3. The minimum absolute atomic E-state index is 0.159. The Morgan fingerprint density at radius 1 is 1.23 bits per heavy atom. The maximum absolute atomic E-state index is 10.9. The van der Waals surface area contributed by atoms with Gasteiger partial charge in [0.2, 0.25) is 0 Å². The number of aliphatic carboxylic acids is 1. The standard InChI is InChI=1S/C6H11O3.3CH3.Sn/c1-3-5(4(2)7)6(8)9;;;;/h3-5,7H,1-2H3,(H,8,9);3*1H3;/t4-,5+;;;;/m1..../s1. The van der Waals surface area contributed by atoms with E-state index in [1.165, 1.54) is 0 Å². The van der Waals surface area contributed by atoms with Crippen LogP contribution in [-0.2, 0) is 4.79 Å². The molecule has 3 nitrogen and oxygen atoms in total. The molecule has 0 amide bonds. The van der Waals surface area contributed by atoms with E-state index in [1.807, 2.05) is 6.92 Å². The second-order valence-corrected chi connectivity index (χ2v) is 20.9. The number of hydrogen-bond acceptors (Lipinski definition) is 2. The van der Waals surface area contributed by atoms with Crippen LogP contribution in [0.1, 0.15) is 13.8 Å². The molecule has 0 aliphatic heterocycles. The van der Waals surface area contributed by atoms with Gasteiger partial charge in [0.05, 0.1) is 0 Å². The predicted octanol–water partition coefficient (Wildman–Crippen LogP) is 1.80. The van der Waals surface area contributed by atoms with Crippen LogP contribution in [0.5, 0.6) is 0 Å². The number of rotatable bonds is 4. The van der Waals surface area contributed by atoms with Gasteiger partial charge in [0.15, 0.2) is 0 Å². The van der Waals surface area contributed by atoms with E-state index in [2.05, 4.69) is 14.8 Å². The fourth-order valence-electron chi connectivity index (χ4n) is 1.38. The molecule has 0 aromatic rings. The van der Waals surface area contributed by atoms with E-state index in [-0.39, 0.29) is 3.93 Å². The summed E-state index contributed by atoms with van der Waals surface area (Å²) in [6.45, 7) is 3.52. The van der Waals surface area contributed by atoms with Gasteiger partial charge in [-0.15, -0.1) is 0 Å². The number of hydrogen-bond donors (Lipinski definition) is 2. The fraction of sp³-hybridized carbons (Fsp3) is 0.889. The van der Waals surface area contributed by atoms with Crippen molar-refractivity contribution in [1.29, 1.82) is 0 Å². The third-order valence-corrected chi connectivity index (χ3v) is 11.5.